The van der Waals surface area contributed by atoms with Crippen LogP contribution in [-0.2, 0) is 0 Å². The number of rotatable bonds is 5. The molecule has 0 fully saturated rings. The van der Waals surface area contributed by atoms with Crippen LogP contribution in [-0.4, -0.2) is 23.0 Å². The molecule has 0 amide bonds. The largest absolute Gasteiger partial charge is 0.497 e. The van der Waals surface area contributed by atoms with Gasteiger partial charge in [-0.15, -0.1) is 11.3 Å². The van der Waals surface area contributed by atoms with E-state index in [2.05, 4.69) is 38.4 Å². The summed E-state index contributed by atoms with van der Waals surface area (Å²) in [6.45, 7) is 0. The number of hydrogen-bond acceptors (Lipinski definition) is 5. The van der Waals surface area contributed by atoms with E-state index in [-0.39, 0.29) is 0 Å². The van der Waals surface area contributed by atoms with E-state index in [1.54, 1.807) is 25.7 Å². The van der Waals surface area contributed by atoms with Gasteiger partial charge in [0.15, 0.2) is 0 Å². The standard InChI is InChI=1S/C22H17BrN4OS/c1-28-20-7-3-6-19(13-20)26-22-27(25-14-16-8-10-24-11-9-16)21(15-29-22)17-4-2-5-18(23)12-17/h2-15H,1H3. The van der Waals surface area contributed by atoms with E-state index in [4.69, 9.17) is 14.8 Å². The van der Waals surface area contributed by atoms with Crippen molar-refractivity contribution in [3.05, 3.63) is 93.3 Å². The topological polar surface area (TPSA) is 51.8 Å². The molecule has 0 aliphatic rings. The fraction of sp³-hybridized carbons (Fsp3) is 0.0455. The molecule has 2 heterocycles. The van der Waals surface area contributed by atoms with Crippen LogP contribution in [0.4, 0.5) is 5.69 Å². The Morgan fingerprint density at radius 1 is 1.07 bits per heavy atom. The Kier molecular flexibility index (Phi) is 5.97. The Balaban J connectivity index is 1.85. The third kappa shape index (κ3) is 4.70. The van der Waals surface area contributed by atoms with Gasteiger partial charge in [-0.25, -0.2) is 9.67 Å². The zero-order chi connectivity index (χ0) is 20.1. The number of pyridine rings is 1. The Morgan fingerprint density at radius 3 is 2.69 bits per heavy atom. The molecule has 0 unspecified atom stereocenters. The molecular weight excluding hydrogens is 448 g/mol. The van der Waals surface area contributed by atoms with Crippen molar-refractivity contribution in [3.63, 3.8) is 0 Å². The SMILES string of the molecule is COc1cccc(N=c2scc(-c3cccc(Br)c3)n2N=Cc2ccncc2)c1. The van der Waals surface area contributed by atoms with Crippen LogP contribution in [0.5, 0.6) is 5.75 Å². The molecule has 0 spiro atoms. The lowest BCUT2D eigenvalue weighted by Crippen LogP contribution is -2.11. The summed E-state index contributed by atoms with van der Waals surface area (Å²) in [5.41, 5.74) is 3.78. The van der Waals surface area contributed by atoms with E-state index in [0.29, 0.717) is 0 Å². The predicted octanol–water partition coefficient (Wildman–Crippen LogP) is 5.50. The molecule has 7 heteroatoms. The number of hydrogen-bond donors (Lipinski definition) is 0. The van der Waals surface area contributed by atoms with Gasteiger partial charge in [-0.05, 0) is 42.0 Å². The third-order valence-corrected chi connectivity index (χ3v) is 5.42. The molecule has 4 rings (SSSR count). The van der Waals surface area contributed by atoms with Crippen molar-refractivity contribution in [1.82, 2.24) is 9.66 Å². The van der Waals surface area contributed by atoms with Gasteiger partial charge in [-0.2, -0.15) is 5.10 Å². The van der Waals surface area contributed by atoms with Crippen molar-refractivity contribution >= 4 is 39.2 Å². The van der Waals surface area contributed by atoms with Gasteiger partial charge in [0, 0.05) is 33.9 Å². The maximum atomic E-state index is 5.31. The maximum absolute atomic E-state index is 5.31. The molecule has 0 atom stereocenters. The van der Waals surface area contributed by atoms with E-state index in [0.717, 1.165) is 37.5 Å². The van der Waals surface area contributed by atoms with Crippen molar-refractivity contribution in [2.75, 3.05) is 7.11 Å². The molecule has 0 aliphatic heterocycles. The molecule has 29 heavy (non-hydrogen) atoms. The first-order chi connectivity index (χ1) is 14.2. The highest BCUT2D eigenvalue weighted by Gasteiger charge is 2.08. The van der Waals surface area contributed by atoms with Crippen LogP contribution in [0.2, 0.25) is 0 Å². The summed E-state index contributed by atoms with van der Waals surface area (Å²) < 4.78 is 8.18. The quantitative estimate of drug-likeness (QED) is 0.366. The monoisotopic (exact) mass is 464 g/mol. The number of ether oxygens (including phenoxy) is 1. The maximum Gasteiger partial charge on any atom is 0.211 e. The molecule has 0 N–H and O–H groups in total. The van der Waals surface area contributed by atoms with Crippen LogP contribution >= 0.6 is 27.3 Å². The average Bonchev–Trinajstić information content (AvgIpc) is 3.15. The fourth-order valence-corrected chi connectivity index (χ4v) is 3.95. The third-order valence-electron chi connectivity index (χ3n) is 4.11. The minimum absolute atomic E-state index is 0.763. The Morgan fingerprint density at radius 2 is 1.90 bits per heavy atom. The predicted molar refractivity (Wildman–Crippen MR) is 121 cm³/mol. The lowest BCUT2D eigenvalue weighted by molar-refractivity contribution is 0.415. The van der Waals surface area contributed by atoms with Gasteiger partial charge in [-0.1, -0.05) is 34.1 Å². The summed E-state index contributed by atoms with van der Waals surface area (Å²) >= 11 is 5.08. The van der Waals surface area contributed by atoms with Crippen molar-refractivity contribution in [1.29, 1.82) is 0 Å². The summed E-state index contributed by atoms with van der Waals surface area (Å²) in [5.74, 6) is 0.766. The van der Waals surface area contributed by atoms with Crippen molar-refractivity contribution in [3.8, 4) is 17.0 Å². The summed E-state index contributed by atoms with van der Waals surface area (Å²) in [6, 6.07) is 19.6. The number of nitrogens with zero attached hydrogens (tertiary/aromatic N) is 4. The number of thiazole rings is 1. The number of aromatic nitrogens is 2. The Hall–Kier alpha value is -3.03. The van der Waals surface area contributed by atoms with Gasteiger partial charge in [0.2, 0.25) is 4.80 Å². The average molecular weight is 465 g/mol. The number of halogens is 1. The molecule has 2 aromatic carbocycles. The first-order valence-corrected chi connectivity index (χ1v) is 10.5. The van der Waals surface area contributed by atoms with Crippen molar-refractivity contribution in [2.24, 2.45) is 10.1 Å². The van der Waals surface area contributed by atoms with Gasteiger partial charge < -0.3 is 4.74 Å². The summed E-state index contributed by atoms with van der Waals surface area (Å²) in [5, 5.41) is 6.78. The zero-order valence-corrected chi connectivity index (χ0v) is 18.0. The minimum atomic E-state index is 0.763. The zero-order valence-electron chi connectivity index (χ0n) is 15.6. The van der Waals surface area contributed by atoms with Crippen LogP contribution in [0.3, 0.4) is 0 Å². The minimum Gasteiger partial charge on any atom is -0.497 e. The molecule has 2 aromatic heterocycles. The number of benzene rings is 2. The van der Waals surface area contributed by atoms with Crippen LogP contribution < -0.4 is 9.54 Å². The highest BCUT2D eigenvalue weighted by atomic mass is 79.9. The first-order valence-electron chi connectivity index (χ1n) is 8.82. The molecule has 0 saturated heterocycles. The van der Waals surface area contributed by atoms with E-state index in [1.807, 2.05) is 53.2 Å². The van der Waals surface area contributed by atoms with Crippen molar-refractivity contribution < 1.29 is 4.74 Å². The summed E-state index contributed by atoms with van der Waals surface area (Å²) in [6.07, 6.45) is 5.30. The second-order valence-corrected chi connectivity index (χ2v) is 7.82. The summed E-state index contributed by atoms with van der Waals surface area (Å²) in [4.78, 5) is 9.61. The van der Waals surface area contributed by atoms with Gasteiger partial charge in [0.25, 0.3) is 0 Å². The molecular formula is C22H17BrN4OS. The van der Waals surface area contributed by atoms with Crippen LogP contribution in [0.15, 0.2) is 93.0 Å². The Labute approximate surface area is 180 Å². The second-order valence-electron chi connectivity index (χ2n) is 6.06. The molecule has 5 nitrogen and oxygen atoms in total. The van der Waals surface area contributed by atoms with Crippen LogP contribution in [0.25, 0.3) is 11.3 Å². The van der Waals surface area contributed by atoms with Crippen LogP contribution in [0, 0.1) is 0 Å². The molecule has 0 radical (unpaired) electrons. The van der Waals surface area contributed by atoms with Crippen molar-refractivity contribution in [2.45, 2.75) is 0 Å². The van der Waals surface area contributed by atoms with Crippen LogP contribution in [0.1, 0.15) is 5.56 Å². The lowest BCUT2D eigenvalue weighted by Gasteiger charge is -2.04. The lowest BCUT2D eigenvalue weighted by atomic mass is 10.2. The normalized spacial score (nSPS) is 11.9. The van der Waals surface area contributed by atoms with Gasteiger partial charge in [-0.3, -0.25) is 4.98 Å². The second kappa shape index (κ2) is 8.98. The Bertz CT molecular complexity index is 1210. The van der Waals surface area contributed by atoms with Gasteiger partial charge in [0.1, 0.15) is 5.75 Å². The highest BCUT2D eigenvalue weighted by Crippen LogP contribution is 2.24. The summed E-state index contributed by atoms with van der Waals surface area (Å²) in [7, 11) is 1.65. The molecule has 0 bridgehead atoms. The van der Waals surface area contributed by atoms with Gasteiger partial charge in [0.05, 0.1) is 24.7 Å². The molecule has 0 saturated carbocycles. The van der Waals surface area contributed by atoms with E-state index < -0.39 is 0 Å². The number of methoxy groups -OCH3 is 1. The van der Waals surface area contributed by atoms with E-state index in [9.17, 15) is 0 Å². The van der Waals surface area contributed by atoms with Gasteiger partial charge >= 0.3 is 0 Å². The first kappa shape index (κ1) is 19.3. The molecule has 144 valence electrons. The molecule has 0 aliphatic carbocycles. The smallest absolute Gasteiger partial charge is 0.211 e. The van der Waals surface area contributed by atoms with E-state index in [1.165, 1.54) is 11.3 Å². The fourth-order valence-electron chi connectivity index (χ4n) is 2.70. The highest BCUT2D eigenvalue weighted by molar-refractivity contribution is 9.10. The van der Waals surface area contributed by atoms with E-state index >= 15 is 0 Å². The molecule has 4 aromatic rings.